The molecule has 3 aliphatic rings. The number of pyridine rings is 1. The Balaban J connectivity index is 1.63. The van der Waals surface area contributed by atoms with Crippen molar-refractivity contribution in [3.05, 3.63) is 29.6 Å². The first-order valence-electron chi connectivity index (χ1n) is 10.1. The molecule has 25 heavy (non-hydrogen) atoms. The summed E-state index contributed by atoms with van der Waals surface area (Å²) in [4.78, 5) is 5.13. The van der Waals surface area contributed by atoms with Gasteiger partial charge in [0.15, 0.2) is 0 Å². The van der Waals surface area contributed by atoms with Gasteiger partial charge >= 0.3 is 0 Å². The number of hydrogen-bond donors (Lipinski definition) is 1. The van der Waals surface area contributed by atoms with Crippen LogP contribution < -0.4 is 5.73 Å². The van der Waals surface area contributed by atoms with Gasteiger partial charge < -0.3 is 5.73 Å². The summed E-state index contributed by atoms with van der Waals surface area (Å²) < 4.78 is 0. The summed E-state index contributed by atoms with van der Waals surface area (Å²) in [6, 6.07) is 4.31. The van der Waals surface area contributed by atoms with E-state index in [-0.39, 0.29) is 0 Å². The third-order valence-electron chi connectivity index (χ3n) is 7.31. The Morgan fingerprint density at radius 1 is 1.00 bits per heavy atom. The number of anilines is 1. The predicted molar refractivity (Wildman–Crippen MR) is 106 cm³/mol. The minimum absolute atomic E-state index is 0.418. The number of hydrogen-bond acceptors (Lipinski definition) is 2. The van der Waals surface area contributed by atoms with Gasteiger partial charge in [-0.25, -0.2) is 0 Å². The fourth-order valence-corrected chi connectivity index (χ4v) is 5.89. The minimum atomic E-state index is 0.418. The number of nitrogens with two attached hydrogens (primary N) is 1. The molecule has 1 aromatic rings. The number of rotatable bonds is 2. The molecule has 0 aliphatic heterocycles. The van der Waals surface area contributed by atoms with Crippen molar-refractivity contribution in [3.8, 4) is 0 Å². The van der Waals surface area contributed by atoms with Crippen LogP contribution in [0.5, 0.6) is 0 Å². The number of nitrogen functional groups attached to an aromatic ring is 1. The highest BCUT2D eigenvalue weighted by molar-refractivity contribution is 5.72. The molecule has 0 radical (unpaired) electrons. The summed E-state index contributed by atoms with van der Waals surface area (Å²) in [7, 11) is 0. The van der Waals surface area contributed by atoms with Gasteiger partial charge in [-0.05, 0) is 85.3 Å². The Bertz CT molecular complexity index is 699. The smallest absolute Gasteiger partial charge is 0.0891 e. The second kappa shape index (κ2) is 5.59. The Morgan fingerprint density at radius 3 is 2.28 bits per heavy atom. The van der Waals surface area contributed by atoms with E-state index in [4.69, 9.17) is 10.7 Å². The average Bonchev–Trinajstić information content (AvgIpc) is 2.76. The molecule has 2 fully saturated rings. The summed E-state index contributed by atoms with van der Waals surface area (Å²) in [6.45, 7) is 9.70. The van der Waals surface area contributed by atoms with Crippen LogP contribution in [0.1, 0.15) is 96.4 Å². The molecule has 3 aliphatic carbocycles. The van der Waals surface area contributed by atoms with Gasteiger partial charge in [0.25, 0.3) is 0 Å². The lowest BCUT2D eigenvalue weighted by molar-refractivity contribution is 0.147. The molecule has 2 nitrogen and oxygen atoms in total. The van der Waals surface area contributed by atoms with E-state index in [1.165, 1.54) is 49.8 Å². The Hall–Kier alpha value is -1.31. The first-order chi connectivity index (χ1) is 11.7. The zero-order chi connectivity index (χ0) is 17.9. The van der Waals surface area contributed by atoms with E-state index in [1.807, 2.05) is 0 Å². The molecule has 1 heterocycles. The lowest BCUT2D eigenvalue weighted by atomic mass is 9.65. The number of fused-ring (bicyclic) bond motifs is 2. The zero-order valence-corrected chi connectivity index (χ0v) is 16.5. The lowest BCUT2D eigenvalue weighted by Gasteiger charge is -2.40. The maximum atomic E-state index is 6.33. The van der Waals surface area contributed by atoms with E-state index in [2.05, 4.69) is 45.9 Å². The quantitative estimate of drug-likeness (QED) is 0.684. The maximum absolute atomic E-state index is 6.33. The van der Waals surface area contributed by atoms with Gasteiger partial charge in [-0.1, -0.05) is 33.8 Å². The molecular weight excluding hydrogens is 304 g/mol. The van der Waals surface area contributed by atoms with Crippen molar-refractivity contribution in [1.82, 2.24) is 4.98 Å². The predicted octanol–water partition coefficient (Wildman–Crippen LogP) is 6.33. The van der Waals surface area contributed by atoms with Crippen molar-refractivity contribution in [2.24, 2.45) is 16.2 Å². The van der Waals surface area contributed by atoms with Gasteiger partial charge in [0.05, 0.1) is 11.4 Å². The molecule has 2 unspecified atom stereocenters. The summed E-state index contributed by atoms with van der Waals surface area (Å²) in [5, 5.41) is 0. The highest BCUT2D eigenvalue weighted by Crippen LogP contribution is 2.61. The molecule has 4 rings (SSSR count). The number of aromatic nitrogens is 1. The van der Waals surface area contributed by atoms with Crippen molar-refractivity contribution in [2.75, 3.05) is 5.73 Å². The fourth-order valence-electron chi connectivity index (χ4n) is 5.89. The maximum Gasteiger partial charge on any atom is 0.0891 e. The average molecular weight is 339 g/mol. The second-order valence-corrected chi connectivity index (χ2v) is 10.7. The zero-order valence-electron chi connectivity index (χ0n) is 16.5. The molecule has 0 saturated heterocycles. The van der Waals surface area contributed by atoms with E-state index in [1.54, 1.807) is 0 Å². The topological polar surface area (TPSA) is 38.9 Å². The molecule has 2 saturated carbocycles. The molecule has 136 valence electrons. The van der Waals surface area contributed by atoms with Crippen molar-refractivity contribution >= 4 is 11.3 Å². The summed E-state index contributed by atoms with van der Waals surface area (Å²) >= 11 is 0. The van der Waals surface area contributed by atoms with Gasteiger partial charge in [0.2, 0.25) is 0 Å². The fraction of sp³-hybridized carbons (Fsp3) is 0.696. The van der Waals surface area contributed by atoms with Crippen LogP contribution in [-0.4, -0.2) is 4.98 Å². The van der Waals surface area contributed by atoms with E-state index < -0.39 is 0 Å². The molecule has 2 bridgehead atoms. The van der Waals surface area contributed by atoms with Gasteiger partial charge in [-0.15, -0.1) is 0 Å². The largest absolute Gasteiger partial charge is 0.397 e. The van der Waals surface area contributed by atoms with Gasteiger partial charge in [-0.2, -0.15) is 0 Å². The summed E-state index contributed by atoms with van der Waals surface area (Å²) in [5.41, 5.74) is 12.4. The van der Waals surface area contributed by atoms with Crippen LogP contribution >= 0.6 is 0 Å². The second-order valence-electron chi connectivity index (χ2n) is 10.7. The van der Waals surface area contributed by atoms with Gasteiger partial charge in [0, 0.05) is 11.6 Å². The SMILES string of the molecule is CC1(C)CC=C(c2nc(C3CC4(C)CCC(C)(C3)C4)ccc2N)CC1. The van der Waals surface area contributed by atoms with E-state index >= 15 is 0 Å². The molecule has 1 aromatic heterocycles. The molecule has 0 amide bonds. The minimum Gasteiger partial charge on any atom is -0.397 e. The summed E-state index contributed by atoms with van der Waals surface area (Å²) in [5.74, 6) is 0.603. The van der Waals surface area contributed by atoms with Crippen LogP contribution in [0.2, 0.25) is 0 Å². The Kier molecular flexibility index (Phi) is 3.83. The van der Waals surface area contributed by atoms with E-state index in [9.17, 15) is 0 Å². The molecule has 0 aromatic carbocycles. The molecule has 2 heteroatoms. The Labute approximate surface area is 153 Å². The summed E-state index contributed by atoms with van der Waals surface area (Å²) in [6.07, 6.45) is 12.6. The van der Waals surface area contributed by atoms with Crippen molar-refractivity contribution in [2.45, 2.75) is 85.0 Å². The Morgan fingerprint density at radius 2 is 1.68 bits per heavy atom. The first kappa shape index (κ1) is 17.1. The molecular formula is C23H34N2. The van der Waals surface area contributed by atoms with E-state index in [0.717, 1.165) is 24.2 Å². The van der Waals surface area contributed by atoms with Crippen LogP contribution in [0.15, 0.2) is 18.2 Å². The third-order valence-corrected chi connectivity index (χ3v) is 7.31. The first-order valence-corrected chi connectivity index (χ1v) is 10.1. The highest BCUT2D eigenvalue weighted by Gasteiger charge is 2.49. The number of nitrogens with zero attached hydrogens (tertiary/aromatic N) is 1. The van der Waals surface area contributed by atoms with Gasteiger partial charge in [0.1, 0.15) is 0 Å². The van der Waals surface area contributed by atoms with Crippen LogP contribution in [-0.2, 0) is 0 Å². The molecule has 0 spiro atoms. The number of allylic oxidation sites excluding steroid dienone is 2. The molecule has 2 atom stereocenters. The molecule has 2 N–H and O–H groups in total. The van der Waals surface area contributed by atoms with Crippen molar-refractivity contribution < 1.29 is 0 Å². The van der Waals surface area contributed by atoms with Gasteiger partial charge in [-0.3, -0.25) is 4.98 Å². The van der Waals surface area contributed by atoms with Crippen LogP contribution in [0, 0.1) is 16.2 Å². The van der Waals surface area contributed by atoms with E-state index in [0.29, 0.717) is 22.2 Å². The van der Waals surface area contributed by atoms with Crippen molar-refractivity contribution in [3.63, 3.8) is 0 Å². The van der Waals surface area contributed by atoms with Crippen molar-refractivity contribution in [1.29, 1.82) is 0 Å². The third kappa shape index (κ3) is 3.25. The monoisotopic (exact) mass is 338 g/mol. The highest BCUT2D eigenvalue weighted by atomic mass is 14.8. The van der Waals surface area contributed by atoms with Crippen LogP contribution in [0.3, 0.4) is 0 Å². The normalized spacial score (nSPS) is 37.0. The standard InChI is InChI=1S/C23H34N2/c1-21(2)9-7-16(8-10-21)20-18(24)5-6-19(25-20)17-13-22(3)11-12-23(4,14-17)15-22/h5-7,17H,8-15,24H2,1-4H3. The van der Waals surface area contributed by atoms with Crippen LogP contribution in [0.25, 0.3) is 5.57 Å². The van der Waals surface area contributed by atoms with Crippen LogP contribution in [0.4, 0.5) is 5.69 Å². The lowest BCUT2D eigenvalue weighted by Crippen LogP contribution is -2.29.